The van der Waals surface area contributed by atoms with Gasteiger partial charge in [-0.25, -0.2) is 4.39 Å². The number of Topliss-reactive ketones (excluding diaryl/α,β-unsaturated/α-hetero) is 1. The quantitative estimate of drug-likeness (QED) is 0.213. The molecule has 0 radical (unpaired) electrons. The lowest BCUT2D eigenvalue weighted by Crippen LogP contribution is -2.70. The maximum absolute atomic E-state index is 17.4. The van der Waals surface area contributed by atoms with Gasteiger partial charge in [0.25, 0.3) is 0 Å². The molecule has 5 nitrogen and oxygen atoms in total. The van der Waals surface area contributed by atoms with Gasteiger partial charge >= 0.3 is 5.97 Å². The first-order valence-electron chi connectivity index (χ1n) is 12.6. The topological polar surface area (TPSA) is 80.7 Å². The third kappa shape index (κ3) is 3.76. The van der Waals surface area contributed by atoms with Crippen molar-refractivity contribution < 1.29 is 28.6 Å². The van der Waals surface area contributed by atoms with Crippen LogP contribution in [0.4, 0.5) is 4.39 Å². The minimum atomic E-state index is -1.97. The number of carbonyl (C=O) groups is 3. The fraction of sp³-hybridized carbons (Fsp3) is 0.741. The van der Waals surface area contributed by atoms with Crippen LogP contribution in [0.25, 0.3) is 0 Å². The Labute approximate surface area is 234 Å². The molecule has 4 rings (SSSR count). The summed E-state index contributed by atoms with van der Waals surface area (Å²) in [5.74, 6) is -1.78. The molecule has 8 heteroatoms. The zero-order valence-electron chi connectivity index (χ0n) is 20.8. The number of halogens is 3. The summed E-state index contributed by atoms with van der Waals surface area (Å²) < 4.78 is 23.2. The number of hydrogen-bond donors (Lipinski definition) is 1. The lowest BCUT2D eigenvalue weighted by atomic mass is 9.44. The summed E-state index contributed by atoms with van der Waals surface area (Å²) in [5, 5.41) is 11.6. The van der Waals surface area contributed by atoms with E-state index in [1.165, 1.54) is 12.2 Å². The molecule has 3 fully saturated rings. The van der Waals surface area contributed by atoms with E-state index in [4.69, 9.17) is 4.74 Å². The molecule has 0 heterocycles. The number of carbonyl (C=O) groups excluding carboxylic acids is 3. The summed E-state index contributed by atoms with van der Waals surface area (Å²) in [6.45, 7) is 7.64. The Morgan fingerprint density at radius 3 is 2.60 bits per heavy atom. The Hall–Kier alpha value is -0.360. The van der Waals surface area contributed by atoms with Gasteiger partial charge in [-0.1, -0.05) is 84.0 Å². The molecule has 0 saturated heterocycles. The fourth-order valence-corrected chi connectivity index (χ4v) is 8.96. The number of rotatable bonds is 6. The molecule has 3 saturated carbocycles. The molecule has 194 valence electrons. The second-order valence-electron chi connectivity index (χ2n) is 11.4. The average molecular weight is 712 g/mol. The summed E-state index contributed by atoms with van der Waals surface area (Å²) in [5.41, 5.74) is -4.64. The number of ether oxygens (including phenoxy) is 1. The number of fused-ring (bicyclic) bond motifs is 5. The van der Waals surface area contributed by atoms with Gasteiger partial charge in [-0.3, -0.25) is 14.4 Å². The Kier molecular flexibility index (Phi) is 7.46. The monoisotopic (exact) mass is 712 g/mol. The third-order valence-electron chi connectivity index (χ3n) is 9.75. The number of allylic oxidation sites excluding steroid dienone is 4. The van der Waals surface area contributed by atoms with E-state index in [1.807, 2.05) is 20.8 Å². The molecule has 4 aliphatic carbocycles. The molecular weight excluding hydrogens is 677 g/mol. The van der Waals surface area contributed by atoms with E-state index >= 15 is 4.39 Å². The first-order chi connectivity index (χ1) is 16.3. The molecule has 2 unspecified atom stereocenters. The summed E-state index contributed by atoms with van der Waals surface area (Å²) >= 11 is 4.12. The van der Waals surface area contributed by atoms with Crippen molar-refractivity contribution in [2.75, 3.05) is 0 Å². The Morgan fingerprint density at radius 1 is 1.29 bits per heavy atom. The van der Waals surface area contributed by atoms with Crippen LogP contribution in [0.2, 0.25) is 0 Å². The van der Waals surface area contributed by atoms with Crippen molar-refractivity contribution in [3.05, 3.63) is 23.8 Å². The molecule has 0 aliphatic heterocycles. The highest BCUT2D eigenvalue weighted by Crippen LogP contribution is 2.71. The number of hydrogen-bond acceptors (Lipinski definition) is 5. The predicted octanol–water partition coefficient (Wildman–Crippen LogP) is 5.84. The van der Waals surface area contributed by atoms with Crippen LogP contribution in [0, 0.1) is 28.6 Å². The van der Waals surface area contributed by atoms with Crippen molar-refractivity contribution in [1.29, 1.82) is 0 Å². The van der Waals surface area contributed by atoms with Crippen LogP contribution in [0.15, 0.2) is 23.8 Å². The molecule has 4 aliphatic rings. The number of esters is 1. The summed E-state index contributed by atoms with van der Waals surface area (Å²) in [6.07, 6.45) is 6.55. The number of alkyl halides is 3. The van der Waals surface area contributed by atoms with Gasteiger partial charge in [-0.2, -0.15) is 0 Å². The van der Waals surface area contributed by atoms with Gasteiger partial charge in [0, 0.05) is 29.1 Å². The number of unbranched alkanes of at least 4 members (excludes halogenated alkanes) is 1. The Bertz CT molecular complexity index is 994. The first kappa shape index (κ1) is 27.7. The summed E-state index contributed by atoms with van der Waals surface area (Å²) in [6, 6.07) is 0. The normalized spacial score (nSPS) is 44.4. The van der Waals surface area contributed by atoms with Crippen molar-refractivity contribution in [2.45, 2.75) is 91.9 Å². The predicted molar refractivity (Wildman–Crippen MR) is 148 cm³/mol. The van der Waals surface area contributed by atoms with Crippen LogP contribution in [0.3, 0.4) is 0 Å². The van der Waals surface area contributed by atoms with Crippen molar-refractivity contribution >= 4 is 62.7 Å². The summed E-state index contributed by atoms with van der Waals surface area (Å²) in [4.78, 5) is 38.9. The van der Waals surface area contributed by atoms with Crippen molar-refractivity contribution in [3.8, 4) is 0 Å². The van der Waals surface area contributed by atoms with Gasteiger partial charge < -0.3 is 9.84 Å². The highest BCUT2D eigenvalue weighted by molar-refractivity contribution is 14.2. The molecule has 0 bridgehead atoms. The van der Waals surface area contributed by atoms with Gasteiger partial charge in [0.1, 0.15) is 1.93 Å². The zero-order chi connectivity index (χ0) is 26.0. The number of aliphatic hydroxyl groups excluding tert-OH is 1. The van der Waals surface area contributed by atoms with Crippen LogP contribution in [0.1, 0.15) is 72.6 Å². The summed E-state index contributed by atoms with van der Waals surface area (Å²) in [7, 11) is 0. The van der Waals surface area contributed by atoms with Crippen molar-refractivity contribution in [3.63, 3.8) is 0 Å². The molecule has 0 aromatic heterocycles. The SMILES string of the molecule is CCCCC(=O)O[C@]1(C(=O)C(I)I)C(C)C[C@H]2[C@@H]3CCC4=CC(=O)C=C[C@]4(C)[C@@]3(F)C(O)C[C@@]21C. The van der Waals surface area contributed by atoms with Crippen LogP contribution < -0.4 is 0 Å². The molecule has 8 atom stereocenters. The largest absolute Gasteiger partial charge is 0.450 e. The average Bonchev–Trinajstić information content (AvgIpc) is 3.00. The van der Waals surface area contributed by atoms with Gasteiger partial charge in [-0.05, 0) is 57.1 Å². The molecule has 1 N–H and O–H groups in total. The van der Waals surface area contributed by atoms with E-state index in [-0.39, 0.29) is 36.2 Å². The van der Waals surface area contributed by atoms with E-state index in [0.717, 1.165) is 12.0 Å². The molecule has 0 amide bonds. The maximum atomic E-state index is 17.4. The third-order valence-corrected chi connectivity index (χ3v) is 10.9. The van der Waals surface area contributed by atoms with Crippen molar-refractivity contribution in [1.82, 2.24) is 0 Å². The van der Waals surface area contributed by atoms with E-state index in [1.54, 1.807) is 13.0 Å². The minimum absolute atomic E-state index is 0.0203. The van der Waals surface area contributed by atoms with Crippen LogP contribution in [0.5, 0.6) is 0 Å². The van der Waals surface area contributed by atoms with E-state index < -0.39 is 42.0 Å². The highest BCUT2D eigenvalue weighted by Gasteiger charge is 2.77. The van der Waals surface area contributed by atoms with E-state index in [2.05, 4.69) is 45.2 Å². The Balaban J connectivity index is 1.82. The number of aliphatic hydroxyl groups is 1. The van der Waals surface area contributed by atoms with Crippen LogP contribution in [-0.4, -0.2) is 41.9 Å². The van der Waals surface area contributed by atoms with Gasteiger partial charge in [0.05, 0.1) is 6.10 Å². The molecule has 35 heavy (non-hydrogen) atoms. The smallest absolute Gasteiger partial charge is 0.306 e. The van der Waals surface area contributed by atoms with Gasteiger partial charge in [0.15, 0.2) is 22.8 Å². The lowest BCUT2D eigenvalue weighted by molar-refractivity contribution is -0.227. The second-order valence-corrected chi connectivity index (χ2v) is 16.3. The minimum Gasteiger partial charge on any atom is -0.450 e. The zero-order valence-corrected chi connectivity index (χ0v) is 25.1. The highest BCUT2D eigenvalue weighted by atomic mass is 127. The number of ketones is 2. The fourth-order valence-electron chi connectivity index (χ4n) is 8.04. The van der Waals surface area contributed by atoms with E-state index in [9.17, 15) is 19.5 Å². The molecule has 0 aromatic carbocycles. The van der Waals surface area contributed by atoms with Crippen LogP contribution in [-0.2, 0) is 19.1 Å². The Morgan fingerprint density at radius 2 is 1.97 bits per heavy atom. The first-order valence-corrected chi connectivity index (χ1v) is 15.1. The van der Waals surface area contributed by atoms with Crippen LogP contribution >= 0.6 is 45.2 Å². The second kappa shape index (κ2) is 9.43. The lowest BCUT2D eigenvalue weighted by Gasteiger charge is -2.62. The van der Waals surface area contributed by atoms with Gasteiger partial charge in [-0.15, -0.1) is 0 Å². The van der Waals surface area contributed by atoms with Crippen molar-refractivity contribution in [2.24, 2.45) is 28.6 Å². The standard InChI is InChI=1S/C27H35FI2O5/c1-5-6-7-21(33)35-27(22(34)23(29)30)15(2)12-19-18-9-8-16-13-17(31)10-11-24(16,3)26(18,28)20(32)14-25(19,27)4/h10-11,13,15,18-20,23,32H,5-9,12,14H2,1-4H3/t15?,18-,19-,20?,24-,25-,26-,27-/m0/s1. The molecule has 0 aromatic rings. The molecule has 0 spiro atoms. The van der Waals surface area contributed by atoms with E-state index in [0.29, 0.717) is 25.7 Å². The maximum Gasteiger partial charge on any atom is 0.306 e. The molecular formula is C27H35FI2O5. The van der Waals surface area contributed by atoms with Gasteiger partial charge in [0.2, 0.25) is 0 Å².